The Morgan fingerprint density at radius 3 is 2.28 bits per heavy atom. The molecule has 0 aliphatic rings. The molecule has 0 bridgehead atoms. The average Bonchev–Trinajstić information content (AvgIpc) is 2.42. The largest absolute Gasteiger partial charge is 0.0801 e. The number of hydrogen-bond donors (Lipinski definition) is 0. The third-order valence-electron chi connectivity index (χ3n) is 2.81. The molecule has 90 valence electrons. The lowest BCUT2D eigenvalue weighted by atomic mass is 10.1. The predicted octanol–water partition coefficient (Wildman–Crippen LogP) is 4.81. The molecule has 2 aromatic carbocycles. The summed E-state index contributed by atoms with van der Waals surface area (Å²) in [5.41, 5.74) is 3.88. The first-order valence-corrected chi connectivity index (χ1v) is 6.28. The van der Waals surface area contributed by atoms with Crippen molar-refractivity contribution in [2.24, 2.45) is 0 Å². The number of rotatable bonds is 4. The normalized spacial score (nSPS) is 11.4. The maximum Gasteiger partial charge on any atom is -0.00943 e. The molecule has 0 spiro atoms. The third kappa shape index (κ3) is 4.06. The Balaban J connectivity index is 1.86. The van der Waals surface area contributed by atoms with Crippen LogP contribution in [-0.2, 0) is 6.42 Å². The molecule has 0 aliphatic carbocycles. The lowest BCUT2D eigenvalue weighted by molar-refractivity contribution is 1.27. The molecular formula is C18H18. The fraction of sp³-hybridized carbons (Fsp3) is 0.111. The van der Waals surface area contributed by atoms with Gasteiger partial charge in [-0.2, -0.15) is 0 Å². The monoisotopic (exact) mass is 234 g/mol. The van der Waals surface area contributed by atoms with E-state index in [0.29, 0.717) is 0 Å². The van der Waals surface area contributed by atoms with Crippen LogP contribution in [0.3, 0.4) is 0 Å². The SMILES string of the molecule is Cc1ccc(/C=C/C=C\Cc2ccccc2)cc1. The third-order valence-corrected chi connectivity index (χ3v) is 2.81. The minimum Gasteiger partial charge on any atom is -0.0801 e. The molecule has 0 radical (unpaired) electrons. The van der Waals surface area contributed by atoms with Gasteiger partial charge in [-0.1, -0.05) is 84.5 Å². The summed E-state index contributed by atoms with van der Waals surface area (Å²) in [6.07, 6.45) is 9.49. The van der Waals surface area contributed by atoms with E-state index in [4.69, 9.17) is 0 Å². The van der Waals surface area contributed by atoms with Gasteiger partial charge in [0.25, 0.3) is 0 Å². The van der Waals surface area contributed by atoms with Crippen molar-refractivity contribution in [1.29, 1.82) is 0 Å². The minimum atomic E-state index is 0.985. The molecule has 0 saturated carbocycles. The van der Waals surface area contributed by atoms with Crippen molar-refractivity contribution < 1.29 is 0 Å². The molecule has 0 amide bonds. The van der Waals surface area contributed by atoms with Crippen LogP contribution in [0.5, 0.6) is 0 Å². The van der Waals surface area contributed by atoms with Crippen LogP contribution in [0.2, 0.25) is 0 Å². The van der Waals surface area contributed by atoms with Gasteiger partial charge >= 0.3 is 0 Å². The molecule has 0 nitrogen and oxygen atoms in total. The van der Waals surface area contributed by atoms with Crippen molar-refractivity contribution in [3.05, 3.63) is 89.5 Å². The lowest BCUT2D eigenvalue weighted by Gasteiger charge is -1.94. The summed E-state index contributed by atoms with van der Waals surface area (Å²) in [5, 5.41) is 0. The van der Waals surface area contributed by atoms with Gasteiger partial charge in [0.05, 0.1) is 0 Å². The molecule has 18 heavy (non-hydrogen) atoms. The van der Waals surface area contributed by atoms with Gasteiger partial charge in [-0.3, -0.25) is 0 Å². The van der Waals surface area contributed by atoms with E-state index >= 15 is 0 Å². The Kier molecular flexibility index (Phi) is 4.54. The first kappa shape index (κ1) is 12.4. The smallest absolute Gasteiger partial charge is 0.00943 e. The second kappa shape index (κ2) is 6.61. The van der Waals surface area contributed by atoms with Gasteiger partial charge < -0.3 is 0 Å². The van der Waals surface area contributed by atoms with E-state index in [1.54, 1.807) is 0 Å². The second-order valence-corrected chi connectivity index (χ2v) is 4.39. The molecule has 2 aromatic rings. The fourth-order valence-electron chi connectivity index (χ4n) is 1.74. The summed E-state index contributed by atoms with van der Waals surface area (Å²) < 4.78 is 0. The quantitative estimate of drug-likeness (QED) is 0.666. The number of allylic oxidation sites excluding steroid dienone is 3. The summed E-state index contributed by atoms with van der Waals surface area (Å²) in [6, 6.07) is 19.0. The molecule has 0 atom stereocenters. The van der Waals surface area contributed by atoms with Crippen LogP contribution in [0.4, 0.5) is 0 Å². The highest BCUT2D eigenvalue weighted by Crippen LogP contribution is 2.05. The highest BCUT2D eigenvalue weighted by Gasteiger charge is 1.86. The summed E-state index contributed by atoms with van der Waals surface area (Å²) in [5.74, 6) is 0. The Morgan fingerprint density at radius 2 is 1.56 bits per heavy atom. The molecule has 0 N–H and O–H groups in total. The van der Waals surface area contributed by atoms with Gasteiger partial charge in [-0.15, -0.1) is 0 Å². The van der Waals surface area contributed by atoms with E-state index in [2.05, 4.69) is 79.8 Å². The number of hydrogen-bond acceptors (Lipinski definition) is 0. The molecule has 0 aromatic heterocycles. The van der Waals surface area contributed by atoms with Crippen molar-refractivity contribution in [3.8, 4) is 0 Å². The Bertz CT molecular complexity index is 516. The zero-order chi connectivity index (χ0) is 12.6. The van der Waals surface area contributed by atoms with Crippen LogP contribution in [-0.4, -0.2) is 0 Å². The molecule has 0 fully saturated rings. The van der Waals surface area contributed by atoms with Gasteiger partial charge in [-0.25, -0.2) is 0 Å². The predicted molar refractivity (Wildman–Crippen MR) is 79.5 cm³/mol. The highest BCUT2D eigenvalue weighted by atomic mass is 13.9. The number of aryl methyl sites for hydroxylation is 1. The highest BCUT2D eigenvalue weighted by molar-refractivity contribution is 5.51. The Hall–Kier alpha value is -2.08. The topological polar surface area (TPSA) is 0 Å². The average molecular weight is 234 g/mol. The van der Waals surface area contributed by atoms with Gasteiger partial charge in [0.15, 0.2) is 0 Å². The summed E-state index contributed by atoms with van der Waals surface area (Å²) in [6.45, 7) is 2.10. The molecular weight excluding hydrogens is 216 g/mol. The summed E-state index contributed by atoms with van der Waals surface area (Å²) in [4.78, 5) is 0. The van der Waals surface area contributed by atoms with Gasteiger partial charge in [-0.05, 0) is 24.5 Å². The summed E-state index contributed by atoms with van der Waals surface area (Å²) in [7, 11) is 0. The van der Waals surface area contributed by atoms with E-state index in [1.165, 1.54) is 16.7 Å². The zero-order valence-corrected chi connectivity index (χ0v) is 10.7. The van der Waals surface area contributed by atoms with Crippen LogP contribution in [0.1, 0.15) is 16.7 Å². The van der Waals surface area contributed by atoms with Gasteiger partial charge in [0.1, 0.15) is 0 Å². The van der Waals surface area contributed by atoms with Crippen LogP contribution < -0.4 is 0 Å². The molecule has 0 aliphatic heterocycles. The van der Waals surface area contributed by atoms with Crippen molar-refractivity contribution >= 4 is 6.08 Å². The van der Waals surface area contributed by atoms with Crippen LogP contribution in [0.25, 0.3) is 6.08 Å². The second-order valence-electron chi connectivity index (χ2n) is 4.39. The van der Waals surface area contributed by atoms with E-state index in [9.17, 15) is 0 Å². The van der Waals surface area contributed by atoms with Crippen molar-refractivity contribution in [1.82, 2.24) is 0 Å². The first-order valence-electron chi connectivity index (χ1n) is 6.28. The number of benzene rings is 2. The van der Waals surface area contributed by atoms with Gasteiger partial charge in [0, 0.05) is 0 Å². The Labute approximate surface area is 109 Å². The maximum absolute atomic E-state index is 2.18. The summed E-state index contributed by atoms with van der Waals surface area (Å²) >= 11 is 0. The van der Waals surface area contributed by atoms with Gasteiger partial charge in [0.2, 0.25) is 0 Å². The zero-order valence-electron chi connectivity index (χ0n) is 10.7. The molecule has 0 heterocycles. The van der Waals surface area contributed by atoms with E-state index in [0.717, 1.165) is 6.42 Å². The van der Waals surface area contributed by atoms with Crippen LogP contribution in [0, 0.1) is 6.92 Å². The standard InChI is InChI=1S/C18H18/c1-16-12-14-18(15-13-16)11-7-3-6-10-17-8-4-2-5-9-17/h2-9,11-15H,10H2,1H3/b6-3-,11-7+. The first-order chi connectivity index (χ1) is 8.84. The Morgan fingerprint density at radius 1 is 0.833 bits per heavy atom. The molecule has 0 unspecified atom stereocenters. The van der Waals surface area contributed by atoms with Crippen LogP contribution in [0.15, 0.2) is 72.8 Å². The van der Waals surface area contributed by atoms with Crippen LogP contribution >= 0.6 is 0 Å². The minimum absolute atomic E-state index is 0.985. The van der Waals surface area contributed by atoms with E-state index < -0.39 is 0 Å². The maximum atomic E-state index is 2.18. The molecule has 0 saturated heterocycles. The fourth-order valence-corrected chi connectivity index (χ4v) is 1.74. The van der Waals surface area contributed by atoms with E-state index in [-0.39, 0.29) is 0 Å². The van der Waals surface area contributed by atoms with Crippen molar-refractivity contribution in [2.45, 2.75) is 13.3 Å². The molecule has 2 rings (SSSR count). The molecule has 0 heteroatoms. The van der Waals surface area contributed by atoms with Crippen molar-refractivity contribution in [3.63, 3.8) is 0 Å². The van der Waals surface area contributed by atoms with E-state index in [1.807, 2.05) is 6.07 Å². The lowest BCUT2D eigenvalue weighted by Crippen LogP contribution is -1.77. The van der Waals surface area contributed by atoms with Crippen molar-refractivity contribution in [2.75, 3.05) is 0 Å².